The molecule has 2 N–H and O–H groups in total. The molecule has 8 heteroatoms. The van der Waals surface area contributed by atoms with Crippen LogP contribution in [0.2, 0.25) is 5.02 Å². The number of rotatable bonds is 4. The summed E-state index contributed by atoms with van der Waals surface area (Å²) in [4.78, 5) is 4.61. The van der Waals surface area contributed by atoms with Gasteiger partial charge in [0.15, 0.2) is 0 Å². The predicted molar refractivity (Wildman–Crippen MR) is 87.0 cm³/mol. The molecule has 0 amide bonds. The Morgan fingerprint density at radius 1 is 1.33 bits per heavy atom. The molecule has 0 bridgehead atoms. The van der Waals surface area contributed by atoms with Crippen molar-refractivity contribution in [2.24, 2.45) is 0 Å². The minimum absolute atomic E-state index is 0.680. The lowest BCUT2D eigenvalue weighted by Gasteiger charge is -2.00. The highest BCUT2D eigenvalue weighted by Crippen LogP contribution is 2.31. The Labute approximate surface area is 135 Å². The SMILES string of the molecule is Cc1nnc(SCc2csc(-c3ccccc3Cl)n2)n1N. The van der Waals surface area contributed by atoms with Gasteiger partial charge in [0, 0.05) is 16.7 Å². The normalized spacial score (nSPS) is 11.0. The van der Waals surface area contributed by atoms with Crippen LogP contribution in [0.1, 0.15) is 11.5 Å². The molecule has 0 saturated carbocycles. The highest BCUT2D eigenvalue weighted by atomic mass is 35.5. The highest BCUT2D eigenvalue weighted by Gasteiger charge is 2.11. The molecule has 108 valence electrons. The number of nitrogen functional groups attached to an aromatic ring is 1. The first-order valence-electron chi connectivity index (χ1n) is 6.14. The summed E-state index contributed by atoms with van der Waals surface area (Å²) in [5.41, 5.74) is 1.93. The van der Waals surface area contributed by atoms with Crippen molar-refractivity contribution in [3.8, 4) is 10.6 Å². The third-order valence-electron chi connectivity index (χ3n) is 2.84. The average Bonchev–Trinajstić information content (AvgIpc) is 3.06. The zero-order valence-electron chi connectivity index (χ0n) is 11.2. The van der Waals surface area contributed by atoms with Gasteiger partial charge in [0.2, 0.25) is 5.16 Å². The Morgan fingerprint density at radius 3 is 2.86 bits per heavy atom. The first-order chi connectivity index (χ1) is 10.1. The van der Waals surface area contributed by atoms with Gasteiger partial charge in [-0.1, -0.05) is 41.6 Å². The van der Waals surface area contributed by atoms with E-state index in [1.54, 1.807) is 11.3 Å². The lowest BCUT2D eigenvalue weighted by Crippen LogP contribution is -2.11. The van der Waals surface area contributed by atoms with Gasteiger partial charge in [-0.2, -0.15) is 0 Å². The van der Waals surface area contributed by atoms with E-state index in [0.717, 1.165) is 16.3 Å². The Bertz CT molecular complexity index is 768. The van der Waals surface area contributed by atoms with Crippen LogP contribution in [0.15, 0.2) is 34.8 Å². The number of thioether (sulfide) groups is 1. The standard InChI is InChI=1S/C13H12ClN5S2/c1-8-17-18-13(19(8)15)21-7-9-6-20-12(16-9)10-4-2-3-5-11(10)14/h2-6H,7,15H2,1H3. The second-order valence-electron chi connectivity index (χ2n) is 4.31. The fraction of sp³-hybridized carbons (Fsp3) is 0.154. The van der Waals surface area contributed by atoms with Crippen molar-refractivity contribution >= 4 is 34.7 Å². The fourth-order valence-electron chi connectivity index (χ4n) is 1.72. The zero-order valence-corrected chi connectivity index (χ0v) is 13.5. The molecule has 1 aromatic carbocycles. The molecule has 0 aliphatic carbocycles. The van der Waals surface area contributed by atoms with Crippen LogP contribution in [0.5, 0.6) is 0 Å². The van der Waals surface area contributed by atoms with Crippen molar-refractivity contribution in [2.45, 2.75) is 17.8 Å². The molecule has 0 fully saturated rings. The van der Waals surface area contributed by atoms with Crippen LogP contribution in [0.25, 0.3) is 10.6 Å². The predicted octanol–water partition coefficient (Wildman–Crippen LogP) is 3.37. The van der Waals surface area contributed by atoms with Gasteiger partial charge in [-0.15, -0.1) is 21.5 Å². The summed E-state index contributed by atoms with van der Waals surface area (Å²) in [7, 11) is 0. The Hall–Kier alpha value is -1.57. The number of nitrogens with zero attached hydrogens (tertiary/aromatic N) is 4. The first kappa shape index (κ1) is 14.4. The number of hydrogen-bond acceptors (Lipinski definition) is 6. The van der Waals surface area contributed by atoms with E-state index >= 15 is 0 Å². The molecule has 3 rings (SSSR count). The molecular formula is C13H12ClN5S2. The smallest absolute Gasteiger partial charge is 0.210 e. The van der Waals surface area contributed by atoms with Crippen LogP contribution in [0.4, 0.5) is 0 Å². The molecule has 0 spiro atoms. The number of benzene rings is 1. The summed E-state index contributed by atoms with van der Waals surface area (Å²) >= 11 is 9.28. The molecule has 21 heavy (non-hydrogen) atoms. The van der Waals surface area contributed by atoms with E-state index in [-0.39, 0.29) is 0 Å². The summed E-state index contributed by atoms with van der Waals surface area (Å²) in [6.45, 7) is 1.81. The third-order valence-corrected chi connectivity index (χ3v) is 5.07. The van der Waals surface area contributed by atoms with E-state index in [4.69, 9.17) is 17.4 Å². The van der Waals surface area contributed by atoms with Gasteiger partial charge in [0.05, 0.1) is 10.7 Å². The minimum Gasteiger partial charge on any atom is -0.336 e. The molecular weight excluding hydrogens is 326 g/mol. The van der Waals surface area contributed by atoms with E-state index in [1.807, 2.05) is 36.6 Å². The molecule has 5 nitrogen and oxygen atoms in total. The molecule has 0 radical (unpaired) electrons. The molecule has 2 aromatic heterocycles. The summed E-state index contributed by atoms with van der Waals surface area (Å²) in [6, 6.07) is 7.70. The van der Waals surface area contributed by atoms with E-state index in [9.17, 15) is 0 Å². The van der Waals surface area contributed by atoms with Gasteiger partial charge in [-0.3, -0.25) is 0 Å². The van der Waals surface area contributed by atoms with Crippen molar-refractivity contribution < 1.29 is 0 Å². The van der Waals surface area contributed by atoms with Crippen molar-refractivity contribution in [3.05, 3.63) is 46.2 Å². The second-order valence-corrected chi connectivity index (χ2v) is 6.52. The quantitative estimate of drug-likeness (QED) is 0.584. The van der Waals surface area contributed by atoms with Crippen LogP contribution >= 0.6 is 34.7 Å². The summed E-state index contributed by atoms with van der Waals surface area (Å²) in [5.74, 6) is 7.20. The summed E-state index contributed by atoms with van der Waals surface area (Å²) in [6.07, 6.45) is 0. The Kier molecular flexibility index (Phi) is 4.14. The van der Waals surface area contributed by atoms with Crippen molar-refractivity contribution in [3.63, 3.8) is 0 Å². The number of halogens is 1. The highest BCUT2D eigenvalue weighted by molar-refractivity contribution is 7.98. The van der Waals surface area contributed by atoms with Crippen LogP contribution in [-0.4, -0.2) is 19.9 Å². The lowest BCUT2D eigenvalue weighted by molar-refractivity contribution is 0.825. The maximum absolute atomic E-state index is 6.19. The van der Waals surface area contributed by atoms with Gasteiger partial charge in [0.25, 0.3) is 0 Å². The fourth-order valence-corrected chi connectivity index (χ4v) is 3.76. The van der Waals surface area contributed by atoms with E-state index in [2.05, 4.69) is 15.2 Å². The van der Waals surface area contributed by atoms with Gasteiger partial charge in [0.1, 0.15) is 10.8 Å². The average molecular weight is 338 g/mol. The zero-order chi connectivity index (χ0) is 14.8. The van der Waals surface area contributed by atoms with E-state index < -0.39 is 0 Å². The van der Waals surface area contributed by atoms with E-state index in [0.29, 0.717) is 21.8 Å². The van der Waals surface area contributed by atoms with Gasteiger partial charge >= 0.3 is 0 Å². The summed E-state index contributed by atoms with van der Waals surface area (Å²) < 4.78 is 1.48. The van der Waals surface area contributed by atoms with Gasteiger partial charge < -0.3 is 5.84 Å². The molecule has 0 unspecified atom stereocenters. The van der Waals surface area contributed by atoms with E-state index in [1.165, 1.54) is 16.4 Å². The second kappa shape index (κ2) is 6.05. The van der Waals surface area contributed by atoms with Crippen molar-refractivity contribution in [1.82, 2.24) is 19.9 Å². The van der Waals surface area contributed by atoms with Crippen LogP contribution < -0.4 is 5.84 Å². The first-order valence-corrected chi connectivity index (χ1v) is 8.38. The van der Waals surface area contributed by atoms with Crippen LogP contribution in [0.3, 0.4) is 0 Å². The van der Waals surface area contributed by atoms with Gasteiger partial charge in [-0.25, -0.2) is 9.66 Å². The van der Waals surface area contributed by atoms with Crippen LogP contribution in [-0.2, 0) is 5.75 Å². The molecule has 0 atom stereocenters. The Balaban J connectivity index is 1.74. The van der Waals surface area contributed by atoms with Crippen LogP contribution in [0, 0.1) is 6.92 Å². The molecule has 0 aliphatic rings. The summed E-state index contributed by atoms with van der Waals surface area (Å²) in [5, 5.41) is 12.3. The van der Waals surface area contributed by atoms with Crippen molar-refractivity contribution in [2.75, 3.05) is 5.84 Å². The molecule has 2 heterocycles. The number of thiazole rings is 1. The molecule has 3 aromatic rings. The maximum Gasteiger partial charge on any atom is 0.210 e. The minimum atomic E-state index is 0.680. The molecule has 0 aliphatic heterocycles. The largest absolute Gasteiger partial charge is 0.336 e. The number of hydrogen-bond donors (Lipinski definition) is 1. The molecule has 0 saturated heterocycles. The Morgan fingerprint density at radius 2 is 2.14 bits per heavy atom. The lowest BCUT2D eigenvalue weighted by atomic mass is 10.2. The third kappa shape index (κ3) is 3.04. The monoisotopic (exact) mass is 337 g/mol. The van der Waals surface area contributed by atoms with Gasteiger partial charge in [-0.05, 0) is 13.0 Å². The number of aryl methyl sites for hydroxylation is 1. The van der Waals surface area contributed by atoms with Crippen molar-refractivity contribution in [1.29, 1.82) is 0 Å². The topological polar surface area (TPSA) is 69.6 Å². The number of nitrogens with two attached hydrogens (primary N) is 1. The maximum atomic E-state index is 6.19. The number of aromatic nitrogens is 4.